The van der Waals surface area contributed by atoms with Crippen molar-refractivity contribution in [2.75, 3.05) is 33.9 Å². The number of aliphatic imine (C=N–C) groups is 1. The highest BCUT2D eigenvalue weighted by atomic mass is 16.5. The Kier molecular flexibility index (Phi) is 8.12. The summed E-state index contributed by atoms with van der Waals surface area (Å²) < 4.78 is 10.3. The Balaban J connectivity index is 2.07. The van der Waals surface area contributed by atoms with Crippen molar-refractivity contribution < 1.29 is 14.3 Å². The van der Waals surface area contributed by atoms with Crippen LogP contribution in [0.3, 0.4) is 0 Å². The van der Waals surface area contributed by atoms with E-state index in [9.17, 15) is 4.79 Å². The van der Waals surface area contributed by atoms with Gasteiger partial charge in [-0.2, -0.15) is 0 Å². The first-order valence-electron chi connectivity index (χ1n) is 7.75. The van der Waals surface area contributed by atoms with E-state index in [1.807, 2.05) is 0 Å². The number of guanidine groups is 1. The average Bonchev–Trinajstić information content (AvgIpc) is 2.92. The highest BCUT2D eigenvalue weighted by molar-refractivity contribution is 5.79. The molecule has 122 valence electrons. The number of hydrogen-bond acceptors (Lipinski definition) is 4. The molecule has 0 aromatic carbocycles. The van der Waals surface area contributed by atoms with Crippen LogP contribution in [0.5, 0.6) is 0 Å². The molecule has 0 aliphatic carbocycles. The van der Waals surface area contributed by atoms with E-state index in [2.05, 4.69) is 27.3 Å². The van der Waals surface area contributed by atoms with Gasteiger partial charge in [-0.3, -0.25) is 9.79 Å². The molecule has 0 aromatic heterocycles. The molecular formula is C15H29N3O3. The Labute approximate surface area is 127 Å². The predicted octanol–water partition coefficient (Wildman–Crippen LogP) is 1.45. The van der Waals surface area contributed by atoms with Gasteiger partial charge in [-0.05, 0) is 32.6 Å². The molecule has 1 aliphatic rings. The van der Waals surface area contributed by atoms with Crippen LogP contribution >= 0.6 is 0 Å². The van der Waals surface area contributed by atoms with Crippen LogP contribution in [-0.2, 0) is 14.3 Å². The molecule has 0 spiro atoms. The minimum absolute atomic E-state index is 0.0713. The first-order valence-corrected chi connectivity index (χ1v) is 7.75. The average molecular weight is 299 g/mol. The maximum Gasteiger partial charge on any atom is 0.305 e. The molecule has 1 heterocycles. The summed E-state index contributed by atoms with van der Waals surface area (Å²) in [6.07, 6.45) is 5.59. The summed E-state index contributed by atoms with van der Waals surface area (Å²) in [6.45, 7) is 4.60. The first kappa shape index (κ1) is 17.8. The first-order chi connectivity index (χ1) is 10.1. The largest absolute Gasteiger partial charge is 0.469 e. The zero-order valence-electron chi connectivity index (χ0n) is 13.5. The fourth-order valence-corrected chi connectivity index (χ4v) is 2.35. The predicted molar refractivity (Wildman–Crippen MR) is 83.4 cm³/mol. The summed E-state index contributed by atoms with van der Waals surface area (Å²) in [5.74, 6) is 0.671. The van der Waals surface area contributed by atoms with Crippen LogP contribution in [0.15, 0.2) is 4.99 Å². The summed E-state index contributed by atoms with van der Waals surface area (Å²) >= 11 is 0. The number of esters is 1. The van der Waals surface area contributed by atoms with E-state index in [4.69, 9.17) is 4.74 Å². The lowest BCUT2D eigenvalue weighted by atomic mass is 10.0. The Morgan fingerprint density at radius 2 is 2.14 bits per heavy atom. The Bertz CT molecular complexity index is 339. The van der Waals surface area contributed by atoms with Crippen molar-refractivity contribution >= 4 is 11.9 Å². The van der Waals surface area contributed by atoms with Gasteiger partial charge in [0.05, 0.1) is 12.7 Å². The summed E-state index contributed by atoms with van der Waals surface area (Å²) in [4.78, 5) is 15.2. The Morgan fingerprint density at radius 3 is 2.76 bits per heavy atom. The minimum Gasteiger partial charge on any atom is -0.469 e. The third-order valence-electron chi connectivity index (χ3n) is 3.73. The van der Waals surface area contributed by atoms with Crippen LogP contribution in [0.4, 0.5) is 0 Å². The maximum atomic E-state index is 11.0. The number of carbonyl (C=O) groups excluding carboxylic acids is 1. The van der Waals surface area contributed by atoms with Gasteiger partial charge < -0.3 is 20.1 Å². The summed E-state index contributed by atoms with van der Waals surface area (Å²) in [6, 6.07) is 0. The second-order valence-corrected chi connectivity index (χ2v) is 5.64. The van der Waals surface area contributed by atoms with E-state index in [0.717, 1.165) is 57.8 Å². The van der Waals surface area contributed by atoms with Gasteiger partial charge in [-0.1, -0.05) is 6.42 Å². The van der Waals surface area contributed by atoms with Gasteiger partial charge in [0.2, 0.25) is 0 Å². The molecule has 1 atom stereocenters. The van der Waals surface area contributed by atoms with Crippen molar-refractivity contribution in [2.24, 2.45) is 4.99 Å². The SMILES string of the molecule is CN=C(NCCCCCC(=O)OC)NCC1(C)CCCO1. The number of unbranched alkanes of at least 4 members (excludes halogenated alkanes) is 2. The van der Waals surface area contributed by atoms with Crippen molar-refractivity contribution in [3.05, 3.63) is 0 Å². The van der Waals surface area contributed by atoms with Crippen LogP contribution in [0.25, 0.3) is 0 Å². The minimum atomic E-state index is -0.134. The number of carbonyl (C=O) groups is 1. The van der Waals surface area contributed by atoms with Crippen molar-refractivity contribution in [3.8, 4) is 0 Å². The lowest BCUT2D eigenvalue weighted by molar-refractivity contribution is -0.140. The van der Waals surface area contributed by atoms with Crippen LogP contribution < -0.4 is 10.6 Å². The zero-order valence-corrected chi connectivity index (χ0v) is 13.5. The number of nitrogens with zero attached hydrogens (tertiary/aromatic N) is 1. The van der Waals surface area contributed by atoms with E-state index in [-0.39, 0.29) is 11.6 Å². The third kappa shape index (κ3) is 7.32. The number of ether oxygens (including phenoxy) is 2. The molecule has 0 bridgehead atoms. The molecule has 1 saturated heterocycles. The summed E-state index contributed by atoms with van der Waals surface area (Å²) in [5, 5.41) is 6.59. The molecule has 6 heteroatoms. The fraction of sp³-hybridized carbons (Fsp3) is 0.867. The second kappa shape index (κ2) is 9.60. The molecule has 1 unspecified atom stereocenters. The Hall–Kier alpha value is -1.30. The third-order valence-corrected chi connectivity index (χ3v) is 3.73. The lowest BCUT2D eigenvalue weighted by Gasteiger charge is -2.24. The van der Waals surface area contributed by atoms with Crippen LogP contribution in [0.2, 0.25) is 0 Å². The topological polar surface area (TPSA) is 72.0 Å². The highest BCUT2D eigenvalue weighted by Gasteiger charge is 2.29. The van der Waals surface area contributed by atoms with E-state index in [1.165, 1.54) is 7.11 Å². The van der Waals surface area contributed by atoms with Crippen LogP contribution in [-0.4, -0.2) is 51.4 Å². The van der Waals surface area contributed by atoms with E-state index in [1.54, 1.807) is 7.05 Å². The number of hydrogen-bond donors (Lipinski definition) is 2. The molecule has 2 N–H and O–H groups in total. The van der Waals surface area contributed by atoms with Crippen LogP contribution in [0.1, 0.15) is 45.4 Å². The molecule has 6 nitrogen and oxygen atoms in total. The number of nitrogens with one attached hydrogen (secondary N) is 2. The van der Waals surface area contributed by atoms with Gasteiger partial charge in [-0.25, -0.2) is 0 Å². The van der Waals surface area contributed by atoms with E-state index < -0.39 is 0 Å². The molecule has 1 aliphatic heterocycles. The molecule has 0 aromatic rings. The van der Waals surface area contributed by atoms with Crippen molar-refractivity contribution in [1.82, 2.24) is 10.6 Å². The summed E-state index contributed by atoms with van der Waals surface area (Å²) in [5.41, 5.74) is -0.0713. The fourth-order valence-electron chi connectivity index (χ4n) is 2.35. The zero-order chi connectivity index (χ0) is 15.6. The van der Waals surface area contributed by atoms with Crippen molar-refractivity contribution in [3.63, 3.8) is 0 Å². The monoisotopic (exact) mass is 299 g/mol. The van der Waals surface area contributed by atoms with Gasteiger partial charge in [0, 0.05) is 33.2 Å². The van der Waals surface area contributed by atoms with Crippen molar-refractivity contribution in [1.29, 1.82) is 0 Å². The smallest absolute Gasteiger partial charge is 0.305 e. The highest BCUT2D eigenvalue weighted by Crippen LogP contribution is 2.23. The van der Waals surface area contributed by atoms with Gasteiger partial charge in [0.15, 0.2) is 5.96 Å². The van der Waals surface area contributed by atoms with Gasteiger partial charge in [0.1, 0.15) is 0 Å². The number of methoxy groups -OCH3 is 1. The molecule has 0 saturated carbocycles. The molecule has 21 heavy (non-hydrogen) atoms. The number of rotatable bonds is 8. The van der Waals surface area contributed by atoms with E-state index in [0.29, 0.717) is 6.42 Å². The van der Waals surface area contributed by atoms with Gasteiger partial charge in [-0.15, -0.1) is 0 Å². The Morgan fingerprint density at radius 1 is 1.33 bits per heavy atom. The van der Waals surface area contributed by atoms with Crippen molar-refractivity contribution in [2.45, 2.75) is 51.0 Å². The summed E-state index contributed by atoms with van der Waals surface area (Å²) in [7, 11) is 3.19. The van der Waals surface area contributed by atoms with Gasteiger partial charge in [0.25, 0.3) is 0 Å². The second-order valence-electron chi connectivity index (χ2n) is 5.64. The molecule has 1 fully saturated rings. The lowest BCUT2D eigenvalue weighted by Crippen LogP contribution is -2.45. The molecule has 1 rings (SSSR count). The normalized spacial score (nSPS) is 22.1. The standard InChI is InChI=1S/C15H29N3O3/c1-15(9-7-11-21-15)12-18-14(16-2)17-10-6-4-5-8-13(19)20-3/h4-12H2,1-3H3,(H2,16,17,18). The molecule has 0 radical (unpaired) electrons. The molecule has 0 amide bonds. The quantitative estimate of drug-likeness (QED) is 0.307. The van der Waals surface area contributed by atoms with Gasteiger partial charge >= 0.3 is 5.97 Å². The molecular weight excluding hydrogens is 270 g/mol. The van der Waals surface area contributed by atoms with E-state index >= 15 is 0 Å². The maximum absolute atomic E-state index is 11.0. The van der Waals surface area contributed by atoms with Crippen LogP contribution in [0, 0.1) is 0 Å².